The van der Waals surface area contributed by atoms with Gasteiger partial charge in [0, 0.05) is 6.04 Å². The zero-order valence-electron chi connectivity index (χ0n) is 13.3. The summed E-state index contributed by atoms with van der Waals surface area (Å²) in [6.07, 6.45) is 11.2. The van der Waals surface area contributed by atoms with E-state index >= 15 is 0 Å². The first-order valence-electron chi connectivity index (χ1n) is 8.73. The summed E-state index contributed by atoms with van der Waals surface area (Å²) in [6, 6.07) is 11.6. The summed E-state index contributed by atoms with van der Waals surface area (Å²) in [5.41, 5.74) is 1.36. The van der Waals surface area contributed by atoms with Gasteiger partial charge in [0.25, 0.3) is 0 Å². The molecule has 1 saturated carbocycles. The highest BCUT2D eigenvalue weighted by molar-refractivity contribution is 5.18. The Morgan fingerprint density at radius 1 is 1.05 bits per heavy atom. The number of piperidine rings is 1. The molecule has 1 aromatic rings. The minimum Gasteiger partial charge on any atom is -0.370 e. The Bertz CT molecular complexity index is 413. The van der Waals surface area contributed by atoms with E-state index in [1.807, 2.05) is 0 Å². The van der Waals surface area contributed by atoms with Gasteiger partial charge in [-0.3, -0.25) is 0 Å². The first-order valence-corrected chi connectivity index (χ1v) is 8.73. The van der Waals surface area contributed by atoms with Crippen LogP contribution in [0.15, 0.2) is 30.3 Å². The third-order valence-electron chi connectivity index (χ3n) is 5.24. The molecule has 3 rings (SSSR count). The van der Waals surface area contributed by atoms with E-state index in [1.54, 1.807) is 0 Å². The lowest BCUT2D eigenvalue weighted by molar-refractivity contribution is -0.0295. The Morgan fingerprint density at radius 2 is 1.76 bits per heavy atom. The smallest absolute Gasteiger partial charge is 0.0843 e. The van der Waals surface area contributed by atoms with E-state index in [0.717, 1.165) is 6.42 Å². The van der Waals surface area contributed by atoms with E-state index in [2.05, 4.69) is 42.3 Å². The van der Waals surface area contributed by atoms with Gasteiger partial charge in [0.05, 0.1) is 12.2 Å². The van der Waals surface area contributed by atoms with Crippen molar-refractivity contribution in [2.75, 3.05) is 13.6 Å². The first-order chi connectivity index (χ1) is 10.3. The molecular formula is C19H29NO. The minimum absolute atomic E-state index is 0.278. The largest absolute Gasteiger partial charge is 0.370 e. The van der Waals surface area contributed by atoms with Crippen LogP contribution in [-0.2, 0) is 4.74 Å². The molecule has 2 atom stereocenters. The maximum Gasteiger partial charge on any atom is 0.0843 e. The van der Waals surface area contributed by atoms with Crippen molar-refractivity contribution in [2.24, 2.45) is 0 Å². The van der Waals surface area contributed by atoms with Gasteiger partial charge in [-0.05, 0) is 51.3 Å². The topological polar surface area (TPSA) is 12.5 Å². The molecule has 21 heavy (non-hydrogen) atoms. The lowest BCUT2D eigenvalue weighted by atomic mass is 9.94. The Kier molecular flexibility index (Phi) is 5.32. The zero-order valence-corrected chi connectivity index (χ0v) is 13.3. The maximum atomic E-state index is 6.52. The molecule has 2 unspecified atom stereocenters. The molecule has 0 radical (unpaired) electrons. The fourth-order valence-electron chi connectivity index (χ4n) is 3.88. The minimum atomic E-state index is 0.278. The van der Waals surface area contributed by atoms with Crippen LogP contribution in [0.3, 0.4) is 0 Å². The van der Waals surface area contributed by atoms with Crippen molar-refractivity contribution in [1.29, 1.82) is 0 Å². The van der Waals surface area contributed by atoms with Gasteiger partial charge >= 0.3 is 0 Å². The lowest BCUT2D eigenvalue weighted by Crippen LogP contribution is -2.37. The van der Waals surface area contributed by atoms with Gasteiger partial charge in [0.1, 0.15) is 0 Å². The van der Waals surface area contributed by atoms with E-state index in [0.29, 0.717) is 12.1 Å². The quantitative estimate of drug-likeness (QED) is 0.787. The molecular weight excluding hydrogens is 258 g/mol. The van der Waals surface area contributed by atoms with Crippen molar-refractivity contribution in [1.82, 2.24) is 4.90 Å². The molecule has 2 nitrogen and oxygen atoms in total. The fraction of sp³-hybridized carbons (Fsp3) is 0.684. The van der Waals surface area contributed by atoms with Gasteiger partial charge < -0.3 is 9.64 Å². The Labute approximate surface area is 129 Å². The number of nitrogens with zero attached hydrogens (tertiary/aromatic N) is 1. The first kappa shape index (κ1) is 15.1. The highest BCUT2D eigenvalue weighted by atomic mass is 16.5. The maximum absolute atomic E-state index is 6.52. The van der Waals surface area contributed by atoms with E-state index in [4.69, 9.17) is 4.74 Å². The van der Waals surface area contributed by atoms with Crippen LogP contribution in [0.5, 0.6) is 0 Å². The Balaban J connectivity index is 1.68. The summed E-state index contributed by atoms with van der Waals surface area (Å²) in [4.78, 5) is 2.54. The highest BCUT2D eigenvalue weighted by Crippen LogP contribution is 2.33. The van der Waals surface area contributed by atoms with Crippen LogP contribution in [0.25, 0.3) is 0 Å². The van der Waals surface area contributed by atoms with E-state index < -0.39 is 0 Å². The molecule has 1 saturated heterocycles. The highest BCUT2D eigenvalue weighted by Gasteiger charge is 2.27. The van der Waals surface area contributed by atoms with E-state index in [9.17, 15) is 0 Å². The van der Waals surface area contributed by atoms with Crippen molar-refractivity contribution in [3.63, 3.8) is 0 Å². The molecule has 116 valence electrons. The number of hydrogen-bond donors (Lipinski definition) is 0. The standard InChI is InChI=1S/C19H29NO/c1-20-14-8-7-11-17(20)15-19(16-9-3-2-4-10-16)21-18-12-5-6-13-18/h2-4,9-10,17-19H,5-8,11-15H2,1H3. The molecule has 1 aliphatic carbocycles. The molecule has 2 fully saturated rings. The van der Waals surface area contributed by atoms with Gasteiger partial charge in [-0.1, -0.05) is 49.6 Å². The summed E-state index contributed by atoms with van der Waals surface area (Å²) in [7, 11) is 2.28. The third kappa shape index (κ3) is 4.08. The van der Waals surface area contributed by atoms with Gasteiger partial charge in [-0.15, -0.1) is 0 Å². The van der Waals surface area contributed by atoms with Crippen molar-refractivity contribution < 1.29 is 4.74 Å². The van der Waals surface area contributed by atoms with Crippen LogP contribution in [0.2, 0.25) is 0 Å². The van der Waals surface area contributed by atoms with Gasteiger partial charge in [-0.25, -0.2) is 0 Å². The molecule has 0 aromatic heterocycles. The fourth-order valence-corrected chi connectivity index (χ4v) is 3.88. The normalized spacial score (nSPS) is 26.0. The summed E-state index contributed by atoms with van der Waals surface area (Å²) in [6.45, 7) is 1.25. The number of hydrogen-bond acceptors (Lipinski definition) is 2. The summed E-state index contributed by atoms with van der Waals surface area (Å²) >= 11 is 0. The summed E-state index contributed by atoms with van der Waals surface area (Å²) in [5, 5.41) is 0. The molecule has 0 spiro atoms. The molecule has 2 aliphatic rings. The van der Waals surface area contributed by atoms with Crippen LogP contribution in [0.4, 0.5) is 0 Å². The monoisotopic (exact) mass is 287 g/mol. The molecule has 1 heterocycles. The number of likely N-dealkylation sites (tertiary alicyclic amines) is 1. The van der Waals surface area contributed by atoms with Crippen LogP contribution in [-0.4, -0.2) is 30.6 Å². The predicted octanol–water partition coefficient (Wildman–Crippen LogP) is 4.56. The Hall–Kier alpha value is -0.860. The number of rotatable bonds is 5. The van der Waals surface area contributed by atoms with Crippen LogP contribution >= 0.6 is 0 Å². The van der Waals surface area contributed by atoms with E-state index in [1.165, 1.54) is 57.1 Å². The van der Waals surface area contributed by atoms with Crippen LogP contribution in [0.1, 0.15) is 63.0 Å². The second-order valence-corrected chi connectivity index (χ2v) is 6.81. The zero-order chi connectivity index (χ0) is 14.5. The molecule has 1 aliphatic heterocycles. The molecule has 2 heteroatoms. The molecule has 1 aromatic carbocycles. The average Bonchev–Trinajstić information content (AvgIpc) is 3.03. The van der Waals surface area contributed by atoms with Crippen molar-refractivity contribution in [2.45, 2.75) is 69.6 Å². The van der Waals surface area contributed by atoms with Crippen molar-refractivity contribution in [3.05, 3.63) is 35.9 Å². The number of ether oxygens (including phenoxy) is 1. The second kappa shape index (κ2) is 7.42. The van der Waals surface area contributed by atoms with Gasteiger partial charge in [0.2, 0.25) is 0 Å². The average molecular weight is 287 g/mol. The van der Waals surface area contributed by atoms with Gasteiger partial charge in [-0.2, -0.15) is 0 Å². The van der Waals surface area contributed by atoms with Crippen LogP contribution in [0, 0.1) is 0 Å². The second-order valence-electron chi connectivity index (χ2n) is 6.81. The number of benzene rings is 1. The van der Waals surface area contributed by atoms with E-state index in [-0.39, 0.29) is 6.10 Å². The molecule has 0 N–H and O–H groups in total. The SMILES string of the molecule is CN1CCCCC1CC(OC1CCCC1)c1ccccc1. The summed E-state index contributed by atoms with van der Waals surface area (Å²) in [5.74, 6) is 0. The van der Waals surface area contributed by atoms with Crippen molar-refractivity contribution >= 4 is 0 Å². The predicted molar refractivity (Wildman–Crippen MR) is 87.4 cm³/mol. The van der Waals surface area contributed by atoms with Gasteiger partial charge in [0.15, 0.2) is 0 Å². The molecule has 0 bridgehead atoms. The molecule has 0 amide bonds. The van der Waals surface area contributed by atoms with Crippen LogP contribution < -0.4 is 0 Å². The Morgan fingerprint density at radius 3 is 2.48 bits per heavy atom. The van der Waals surface area contributed by atoms with Crippen molar-refractivity contribution in [3.8, 4) is 0 Å². The third-order valence-corrected chi connectivity index (χ3v) is 5.24. The summed E-state index contributed by atoms with van der Waals surface area (Å²) < 4.78 is 6.52. The lowest BCUT2D eigenvalue weighted by Gasteiger charge is -2.35.